The molecule has 3 heterocycles. The molecule has 2 fully saturated rings. The summed E-state index contributed by atoms with van der Waals surface area (Å²) in [4.78, 5) is 12.5. The molecule has 3 aromatic rings. The third kappa shape index (κ3) is 5.17. The fraction of sp³-hybridized carbons (Fsp3) is 0.480. The molecule has 176 valence electrons. The lowest BCUT2D eigenvalue weighted by Gasteiger charge is -2.33. The molecule has 0 amide bonds. The molecule has 0 bridgehead atoms. The molecule has 0 radical (unpaired) electrons. The molecular formula is C25H30N2O5S. The standard InChI is InChI=1S/C25H30N2O5S/c28-24-12-23(15-26-13-21-6-1-2-7-22(21)14-26)31-17-25(24)32-16-19-8-10-27(11-9-19)33(29,30)18-20-4-3-5-20/h1-2,6-7,12-14,17,19-20H,3-5,8-11,15-16,18H2. The van der Waals surface area contributed by atoms with E-state index in [1.807, 2.05) is 41.2 Å². The summed E-state index contributed by atoms with van der Waals surface area (Å²) in [7, 11) is -3.15. The summed E-state index contributed by atoms with van der Waals surface area (Å²) in [6, 6.07) is 9.57. The van der Waals surface area contributed by atoms with Crippen LogP contribution >= 0.6 is 0 Å². The Hall–Kier alpha value is -2.58. The molecule has 7 nitrogen and oxygen atoms in total. The van der Waals surface area contributed by atoms with Gasteiger partial charge in [0.15, 0.2) is 0 Å². The predicted octanol–water partition coefficient (Wildman–Crippen LogP) is 3.86. The van der Waals surface area contributed by atoms with Crippen molar-refractivity contribution in [2.45, 2.75) is 38.6 Å². The minimum Gasteiger partial charge on any atom is -0.486 e. The molecule has 8 heteroatoms. The van der Waals surface area contributed by atoms with E-state index in [2.05, 4.69) is 0 Å². The van der Waals surface area contributed by atoms with Crippen molar-refractivity contribution in [3.8, 4) is 5.75 Å². The maximum Gasteiger partial charge on any atom is 0.227 e. The van der Waals surface area contributed by atoms with Gasteiger partial charge in [-0.05, 0) is 48.3 Å². The lowest BCUT2D eigenvalue weighted by Crippen LogP contribution is -2.42. The molecule has 0 spiro atoms. The van der Waals surface area contributed by atoms with E-state index in [0.29, 0.717) is 43.7 Å². The zero-order valence-electron chi connectivity index (χ0n) is 18.7. The van der Waals surface area contributed by atoms with Gasteiger partial charge in [0.1, 0.15) is 12.0 Å². The van der Waals surface area contributed by atoms with Gasteiger partial charge in [0.25, 0.3) is 0 Å². The quantitative estimate of drug-likeness (QED) is 0.499. The average Bonchev–Trinajstić information content (AvgIpc) is 3.18. The van der Waals surface area contributed by atoms with Gasteiger partial charge < -0.3 is 13.7 Å². The van der Waals surface area contributed by atoms with Gasteiger partial charge in [0.2, 0.25) is 21.2 Å². The molecule has 0 N–H and O–H groups in total. The summed E-state index contributed by atoms with van der Waals surface area (Å²) in [5.74, 6) is 1.64. The number of aromatic nitrogens is 1. The molecule has 1 saturated heterocycles. The topological polar surface area (TPSA) is 81.8 Å². The van der Waals surface area contributed by atoms with Gasteiger partial charge in [-0.25, -0.2) is 12.7 Å². The molecule has 1 aromatic carbocycles. The van der Waals surface area contributed by atoms with Gasteiger partial charge in [-0.2, -0.15) is 0 Å². The highest BCUT2D eigenvalue weighted by molar-refractivity contribution is 7.89. The van der Waals surface area contributed by atoms with Crippen LogP contribution in [0.5, 0.6) is 5.75 Å². The molecule has 2 aliphatic rings. The summed E-state index contributed by atoms with van der Waals surface area (Å²) in [5.41, 5.74) is -0.200. The molecule has 33 heavy (non-hydrogen) atoms. The van der Waals surface area contributed by atoms with Crippen molar-refractivity contribution in [1.29, 1.82) is 0 Å². The van der Waals surface area contributed by atoms with Crippen molar-refractivity contribution in [3.05, 3.63) is 65.0 Å². The number of nitrogens with zero attached hydrogens (tertiary/aromatic N) is 2. The molecular weight excluding hydrogens is 440 g/mol. The number of ether oxygens (including phenoxy) is 1. The summed E-state index contributed by atoms with van der Waals surface area (Å²) in [6.45, 7) is 1.92. The largest absolute Gasteiger partial charge is 0.486 e. The molecule has 0 atom stereocenters. The first-order chi connectivity index (χ1) is 16.0. The Morgan fingerprint density at radius 3 is 2.30 bits per heavy atom. The number of hydrogen-bond donors (Lipinski definition) is 0. The Bertz CT molecular complexity index is 1230. The highest BCUT2D eigenvalue weighted by Gasteiger charge is 2.32. The highest BCUT2D eigenvalue weighted by Crippen LogP contribution is 2.30. The second-order valence-corrected chi connectivity index (χ2v) is 11.4. The first-order valence-electron chi connectivity index (χ1n) is 11.7. The number of fused-ring (bicyclic) bond motifs is 1. The van der Waals surface area contributed by atoms with Gasteiger partial charge in [0, 0.05) is 31.5 Å². The van der Waals surface area contributed by atoms with Gasteiger partial charge >= 0.3 is 0 Å². The molecule has 0 unspecified atom stereocenters. The zero-order chi connectivity index (χ0) is 22.8. The Kier molecular flexibility index (Phi) is 6.29. The van der Waals surface area contributed by atoms with Crippen LogP contribution in [0, 0.1) is 11.8 Å². The Labute approximate surface area is 194 Å². The summed E-state index contributed by atoms with van der Waals surface area (Å²) < 4.78 is 40.2. The Morgan fingerprint density at radius 2 is 1.70 bits per heavy atom. The van der Waals surface area contributed by atoms with E-state index in [9.17, 15) is 13.2 Å². The number of benzene rings is 1. The summed E-state index contributed by atoms with van der Waals surface area (Å²) in [5, 5.41) is 2.28. The van der Waals surface area contributed by atoms with E-state index in [0.717, 1.165) is 42.9 Å². The Morgan fingerprint density at radius 1 is 1.00 bits per heavy atom. The van der Waals surface area contributed by atoms with Crippen LogP contribution in [0.1, 0.15) is 37.9 Å². The van der Waals surface area contributed by atoms with E-state index in [1.54, 1.807) is 4.31 Å². The highest BCUT2D eigenvalue weighted by atomic mass is 32.2. The smallest absolute Gasteiger partial charge is 0.227 e. The Balaban J connectivity index is 1.13. The van der Waals surface area contributed by atoms with Gasteiger partial charge in [-0.15, -0.1) is 0 Å². The minimum absolute atomic E-state index is 0.200. The fourth-order valence-corrected chi connectivity index (χ4v) is 6.57. The second-order valence-electron chi connectivity index (χ2n) is 9.36. The normalized spacial score (nSPS) is 18.4. The van der Waals surface area contributed by atoms with Crippen molar-refractivity contribution < 1.29 is 17.6 Å². The molecule has 1 aliphatic heterocycles. The van der Waals surface area contributed by atoms with Crippen LogP contribution in [0.15, 0.2) is 58.2 Å². The number of rotatable bonds is 8. The fourth-order valence-electron chi connectivity index (χ4n) is 4.66. The summed E-state index contributed by atoms with van der Waals surface area (Å²) >= 11 is 0. The third-order valence-corrected chi connectivity index (χ3v) is 8.95. The minimum atomic E-state index is -3.15. The van der Waals surface area contributed by atoms with E-state index in [4.69, 9.17) is 9.15 Å². The van der Waals surface area contributed by atoms with Gasteiger partial charge in [-0.3, -0.25) is 4.79 Å². The monoisotopic (exact) mass is 470 g/mol. The maximum absolute atomic E-state index is 12.6. The second kappa shape index (κ2) is 9.35. The van der Waals surface area contributed by atoms with E-state index < -0.39 is 10.0 Å². The van der Waals surface area contributed by atoms with Crippen LogP contribution in [-0.2, 0) is 16.6 Å². The predicted molar refractivity (Wildman–Crippen MR) is 127 cm³/mol. The average molecular weight is 471 g/mol. The third-order valence-electron chi connectivity index (χ3n) is 6.91. The van der Waals surface area contributed by atoms with Crippen molar-refractivity contribution in [3.63, 3.8) is 0 Å². The molecule has 1 saturated carbocycles. The van der Waals surface area contributed by atoms with Crippen LogP contribution in [0.4, 0.5) is 0 Å². The SMILES string of the molecule is O=c1cc(Cn2cc3ccccc3c2)occ1OCC1CCN(S(=O)(=O)CC2CCC2)CC1. The van der Waals surface area contributed by atoms with Crippen LogP contribution in [0.3, 0.4) is 0 Å². The van der Waals surface area contributed by atoms with Crippen molar-refractivity contribution >= 4 is 20.8 Å². The first kappa shape index (κ1) is 22.2. The number of sulfonamides is 1. The lowest BCUT2D eigenvalue weighted by molar-refractivity contribution is 0.180. The van der Waals surface area contributed by atoms with Gasteiger partial charge in [0.05, 0.1) is 18.9 Å². The molecule has 1 aliphatic carbocycles. The van der Waals surface area contributed by atoms with Crippen LogP contribution in [0.2, 0.25) is 0 Å². The first-order valence-corrected chi connectivity index (χ1v) is 13.3. The van der Waals surface area contributed by atoms with E-state index in [1.165, 1.54) is 12.3 Å². The van der Waals surface area contributed by atoms with Crippen molar-refractivity contribution in [2.75, 3.05) is 25.4 Å². The zero-order valence-corrected chi connectivity index (χ0v) is 19.5. The van der Waals surface area contributed by atoms with Crippen LogP contribution < -0.4 is 10.2 Å². The number of hydrogen-bond acceptors (Lipinski definition) is 5. The van der Waals surface area contributed by atoms with Crippen LogP contribution in [-0.4, -0.2) is 42.7 Å². The molecule has 2 aromatic heterocycles. The van der Waals surface area contributed by atoms with E-state index >= 15 is 0 Å². The van der Waals surface area contributed by atoms with Crippen molar-refractivity contribution in [2.24, 2.45) is 11.8 Å². The molecule has 5 rings (SSSR count). The van der Waals surface area contributed by atoms with Crippen molar-refractivity contribution in [1.82, 2.24) is 8.87 Å². The van der Waals surface area contributed by atoms with Crippen LogP contribution in [0.25, 0.3) is 10.8 Å². The summed E-state index contributed by atoms with van der Waals surface area (Å²) in [6.07, 6.45) is 10.2. The van der Waals surface area contributed by atoms with E-state index in [-0.39, 0.29) is 17.1 Å². The van der Waals surface area contributed by atoms with Gasteiger partial charge in [-0.1, -0.05) is 30.7 Å². The lowest BCUT2D eigenvalue weighted by atomic mass is 9.87. The maximum atomic E-state index is 12.6. The number of piperidine rings is 1.